The van der Waals surface area contributed by atoms with Crippen molar-refractivity contribution in [1.82, 2.24) is 0 Å². The lowest BCUT2D eigenvalue weighted by Crippen LogP contribution is -2.21. The number of hydrogen-bond donors (Lipinski definition) is 1. The van der Waals surface area contributed by atoms with E-state index in [2.05, 4.69) is 5.16 Å². The highest BCUT2D eigenvalue weighted by atomic mass is 16.5. The molecule has 1 N–H and O–H groups in total. The number of esters is 1. The zero-order valence-corrected chi connectivity index (χ0v) is 10.1. The number of hydrogen-bond acceptors (Lipinski definition) is 5. The average molecular weight is 249 g/mol. The van der Waals surface area contributed by atoms with Crippen LogP contribution in [0, 0.1) is 0 Å². The Morgan fingerprint density at radius 1 is 1.50 bits per heavy atom. The van der Waals surface area contributed by atoms with Crippen LogP contribution in [0.25, 0.3) is 0 Å². The summed E-state index contributed by atoms with van der Waals surface area (Å²) >= 11 is 0. The van der Waals surface area contributed by atoms with E-state index in [1.54, 1.807) is 12.1 Å². The maximum Gasteiger partial charge on any atom is 0.338 e. The number of carbonyl (C=O) groups is 1. The van der Waals surface area contributed by atoms with Gasteiger partial charge in [0.15, 0.2) is 0 Å². The quantitative estimate of drug-likeness (QED) is 0.495. The van der Waals surface area contributed by atoms with Gasteiger partial charge in [-0.25, -0.2) is 4.79 Å². The van der Waals surface area contributed by atoms with Crippen LogP contribution in [0.4, 0.5) is 0 Å². The number of benzene rings is 1. The van der Waals surface area contributed by atoms with E-state index < -0.39 is 0 Å². The van der Waals surface area contributed by atoms with Gasteiger partial charge in [0.1, 0.15) is 0 Å². The Hall–Kier alpha value is -1.88. The third-order valence-electron chi connectivity index (χ3n) is 2.99. The van der Waals surface area contributed by atoms with E-state index in [1.165, 1.54) is 7.11 Å². The van der Waals surface area contributed by atoms with Gasteiger partial charge >= 0.3 is 5.97 Å². The fourth-order valence-corrected chi connectivity index (χ4v) is 2.06. The summed E-state index contributed by atoms with van der Waals surface area (Å²) in [6, 6.07) is 7.15. The van der Waals surface area contributed by atoms with Crippen LogP contribution in [-0.4, -0.2) is 30.6 Å². The second-order valence-electron chi connectivity index (χ2n) is 4.06. The molecule has 1 unspecified atom stereocenters. The summed E-state index contributed by atoms with van der Waals surface area (Å²) in [6.07, 6.45) is 0.845. The predicted molar refractivity (Wildman–Crippen MR) is 64.9 cm³/mol. The maximum atomic E-state index is 11.7. The molecule has 1 atom stereocenters. The van der Waals surface area contributed by atoms with Crippen LogP contribution >= 0.6 is 0 Å². The monoisotopic (exact) mass is 249 g/mol. The molecule has 0 saturated carbocycles. The van der Waals surface area contributed by atoms with Gasteiger partial charge in [-0.05, 0) is 11.6 Å². The lowest BCUT2D eigenvalue weighted by Gasteiger charge is -2.25. The third kappa shape index (κ3) is 2.51. The van der Waals surface area contributed by atoms with E-state index >= 15 is 0 Å². The summed E-state index contributed by atoms with van der Waals surface area (Å²) in [5.41, 5.74) is 1.94. The van der Waals surface area contributed by atoms with E-state index in [0.29, 0.717) is 30.7 Å². The molecule has 0 aromatic heterocycles. The van der Waals surface area contributed by atoms with Gasteiger partial charge in [-0.3, -0.25) is 0 Å². The number of nitrogens with zero attached hydrogens (tertiary/aromatic N) is 1. The summed E-state index contributed by atoms with van der Waals surface area (Å²) in [5.74, 6) is -0.387. The summed E-state index contributed by atoms with van der Waals surface area (Å²) in [5, 5.41) is 12.1. The topological polar surface area (TPSA) is 68.1 Å². The normalized spacial score (nSPS) is 21.8. The van der Waals surface area contributed by atoms with Crippen molar-refractivity contribution in [2.45, 2.75) is 18.9 Å². The predicted octanol–water partition coefficient (Wildman–Crippen LogP) is 2.15. The van der Waals surface area contributed by atoms with Crippen molar-refractivity contribution in [2.75, 3.05) is 13.7 Å². The lowest BCUT2D eigenvalue weighted by atomic mass is 9.96. The van der Waals surface area contributed by atoms with E-state index in [0.717, 1.165) is 5.56 Å². The zero-order chi connectivity index (χ0) is 13.0. The van der Waals surface area contributed by atoms with Crippen molar-refractivity contribution in [3.05, 3.63) is 35.4 Å². The first-order chi connectivity index (χ1) is 8.76. The number of methoxy groups -OCH3 is 1. The zero-order valence-electron chi connectivity index (χ0n) is 10.1. The minimum atomic E-state index is -0.387. The van der Waals surface area contributed by atoms with Crippen molar-refractivity contribution >= 4 is 11.7 Å². The van der Waals surface area contributed by atoms with E-state index in [1.807, 2.05) is 12.1 Å². The standard InChI is InChI=1S/C13H15NO4/c1-17-13(15)11-5-3-2-4-10(11)12-8-9(14-16)6-7-18-12/h2-5,12,16H,6-8H2,1H3/b14-9+. The van der Waals surface area contributed by atoms with Crippen LogP contribution in [0.2, 0.25) is 0 Å². The van der Waals surface area contributed by atoms with Gasteiger partial charge < -0.3 is 14.7 Å². The van der Waals surface area contributed by atoms with Gasteiger partial charge in [0.25, 0.3) is 0 Å². The molecule has 5 heteroatoms. The molecule has 0 amide bonds. The summed E-state index contributed by atoms with van der Waals surface area (Å²) in [6.45, 7) is 0.486. The molecule has 0 radical (unpaired) electrons. The SMILES string of the molecule is COC(=O)c1ccccc1C1C/C(=N/O)CCO1. The van der Waals surface area contributed by atoms with Crippen LogP contribution in [0.3, 0.4) is 0 Å². The molecule has 0 aliphatic carbocycles. The van der Waals surface area contributed by atoms with Crippen LogP contribution < -0.4 is 0 Å². The molecule has 1 aromatic rings. The van der Waals surface area contributed by atoms with Crippen molar-refractivity contribution in [3.63, 3.8) is 0 Å². The third-order valence-corrected chi connectivity index (χ3v) is 2.99. The van der Waals surface area contributed by atoms with Gasteiger partial charge in [0.05, 0.1) is 31.1 Å². The van der Waals surface area contributed by atoms with E-state index in [9.17, 15) is 4.79 Å². The van der Waals surface area contributed by atoms with Crippen LogP contribution in [0.15, 0.2) is 29.4 Å². The molecule has 96 valence electrons. The summed E-state index contributed by atoms with van der Waals surface area (Å²) < 4.78 is 10.4. The Labute approximate surface area is 105 Å². The number of carbonyl (C=O) groups excluding carboxylic acids is 1. The van der Waals surface area contributed by atoms with Crippen molar-refractivity contribution in [3.8, 4) is 0 Å². The molecule has 1 fully saturated rings. The molecule has 1 heterocycles. The molecule has 5 nitrogen and oxygen atoms in total. The smallest absolute Gasteiger partial charge is 0.338 e. The number of oxime groups is 1. The largest absolute Gasteiger partial charge is 0.465 e. The Bertz CT molecular complexity index is 470. The molecular weight excluding hydrogens is 234 g/mol. The van der Waals surface area contributed by atoms with Crippen molar-refractivity contribution < 1.29 is 19.5 Å². The molecule has 2 rings (SSSR count). The number of rotatable bonds is 2. The Kier molecular flexibility index (Phi) is 3.94. The second kappa shape index (κ2) is 5.64. The maximum absolute atomic E-state index is 11.7. The van der Waals surface area contributed by atoms with Gasteiger partial charge in [0.2, 0.25) is 0 Å². The lowest BCUT2D eigenvalue weighted by molar-refractivity contribution is 0.0441. The number of ether oxygens (including phenoxy) is 2. The fraction of sp³-hybridized carbons (Fsp3) is 0.385. The molecule has 0 spiro atoms. The van der Waals surface area contributed by atoms with Crippen molar-refractivity contribution in [1.29, 1.82) is 0 Å². The highest BCUT2D eigenvalue weighted by molar-refractivity contribution is 5.92. The first kappa shape index (κ1) is 12.6. The van der Waals surface area contributed by atoms with Gasteiger partial charge in [0, 0.05) is 12.8 Å². The van der Waals surface area contributed by atoms with Gasteiger partial charge in [-0.15, -0.1) is 0 Å². The second-order valence-corrected chi connectivity index (χ2v) is 4.06. The first-order valence-corrected chi connectivity index (χ1v) is 5.75. The molecule has 1 saturated heterocycles. The highest BCUT2D eigenvalue weighted by Gasteiger charge is 2.25. The minimum Gasteiger partial charge on any atom is -0.465 e. The minimum absolute atomic E-state index is 0.264. The summed E-state index contributed by atoms with van der Waals surface area (Å²) in [4.78, 5) is 11.7. The highest BCUT2D eigenvalue weighted by Crippen LogP contribution is 2.29. The van der Waals surface area contributed by atoms with Crippen LogP contribution in [-0.2, 0) is 9.47 Å². The van der Waals surface area contributed by atoms with Gasteiger partial charge in [-0.1, -0.05) is 23.4 Å². The molecular formula is C13H15NO4. The Morgan fingerprint density at radius 3 is 3.00 bits per heavy atom. The van der Waals surface area contributed by atoms with Crippen LogP contribution in [0.5, 0.6) is 0 Å². The van der Waals surface area contributed by atoms with E-state index in [4.69, 9.17) is 14.7 Å². The molecule has 1 aliphatic rings. The fourth-order valence-electron chi connectivity index (χ4n) is 2.06. The Balaban J connectivity index is 2.30. The van der Waals surface area contributed by atoms with Crippen molar-refractivity contribution in [2.24, 2.45) is 5.16 Å². The molecule has 0 bridgehead atoms. The molecule has 1 aliphatic heterocycles. The van der Waals surface area contributed by atoms with Gasteiger partial charge in [-0.2, -0.15) is 0 Å². The Morgan fingerprint density at radius 2 is 2.28 bits per heavy atom. The van der Waals surface area contributed by atoms with Crippen LogP contribution in [0.1, 0.15) is 34.9 Å². The first-order valence-electron chi connectivity index (χ1n) is 5.75. The summed E-state index contributed by atoms with van der Waals surface area (Å²) in [7, 11) is 1.35. The van der Waals surface area contributed by atoms with E-state index in [-0.39, 0.29) is 12.1 Å². The molecule has 18 heavy (non-hydrogen) atoms. The average Bonchev–Trinajstić information content (AvgIpc) is 2.46. The molecule has 1 aromatic carbocycles.